The molecule has 1 rings (SSSR count). The first kappa shape index (κ1) is 10.7. The first-order valence-electron chi connectivity index (χ1n) is 3.55. The summed E-state index contributed by atoms with van der Waals surface area (Å²) in [6, 6.07) is 1.71. The van der Waals surface area contributed by atoms with Crippen LogP contribution in [0.2, 0.25) is 5.02 Å². The van der Waals surface area contributed by atoms with E-state index >= 15 is 0 Å². The van der Waals surface area contributed by atoms with Gasteiger partial charge in [0.1, 0.15) is 5.69 Å². The number of carbonyl (C=O) groups is 1. The lowest BCUT2D eigenvalue weighted by Crippen LogP contribution is -2.23. The minimum atomic E-state index is -0.179. The highest BCUT2D eigenvalue weighted by molar-refractivity contribution is 14.1. The number of rotatable bonds is 1. The van der Waals surface area contributed by atoms with Crippen molar-refractivity contribution in [3.05, 3.63) is 26.5 Å². The number of hydrogen-bond donors (Lipinski definition) is 0. The van der Waals surface area contributed by atoms with E-state index in [-0.39, 0.29) is 5.91 Å². The predicted molar refractivity (Wildman–Crippen MR) is 60.0 cm³/mol. The molecule has 13 heavy (non-hydrogen) atoms. The van der Waals surface area contributed by atoms with Gasteiger partial charge in [0, 0.05) is 23.9 Å². The molecular formula is C8H8ClIN2O. The largest absolute Gasteiger partial charge is 0.343 e. The van der Waals surface area contributed by atoms with E-state index in [0.29, 0.717) is 10.7 Å². The van der Waals surface area contributed by atoms with Gasteiger partial charge in [0.2, 0.25) is 0 Å². The molecule has 0 saturated heterocycles. The van der Waals surface area contributed by atoms with Gasteiger partial charge in [-0.3, -0.25) is 4.79 Å². The molecule has 0 radical (unpaired) electrons. The van der Waals surface area contributed by atoms with Crippen molar-refractivity contribution in [2.45, 2.75) is 0 Å². The third kappa shape index (κ3) is 2.54. The van der Waals surface area contributed by atoms with E-state index in [2.05, 4.69) is 27.6 Å². The average molecular weight is 311 g/mol. The van der Waals surface area contributed by atoms with Gasteiger partial charge >= 0.3 is 0 Å². The molecule has 5 heteroatoms. The number of pyridine rings is 1. The van der Waals surface area contributed by atoms with Crippen molar-refractivity contribution in [2.75, 3.05) is 14.1 Å². The van der Waals surface area contributed by atoms with Gasteiger partial charge in [-0.2, -0.15) is 0 Å². The second-order valence-corrected chi connectivity index (χ2v) is 4.34. The van der Waals surface area contributed by atoms with Crippen molar-refractivity contribution in [1.29, 1.82) is 0 Å². The Bertz CT molecular complexity index is 341. The molecule has 0 atom stereocenters. The minimum Gasteiger partial charge on any atom is -0.343 e. The van der Waals surface area contributed by atoms with Crippen LogP contribution in [0.15, 0.2) is 12.3 Å². The SMILES string of the molecule is CN(C)C(=O)c1ncc(I)cc1Cl. The van der Waals surface area contributed by atoms with Crippen LogP contribution >= 0.6 is 34.2 Å². The third-order valence-electron chi connectivity index (χ3n) is 1.42. The van der Waals surface area contributed by atoms with Crippen LogP contribution < -0.4 is 0 Å². The Kier molecular flexibility index (Phi) is 3.49. The normalized spacial score (nSPS) is 9.85. The molecule has 0 aliphatic heterocycles. The van der Waals surface area contributed by atoms with Crippen LogP contribution in [0.1, 0.15) is 10.5 Å². The predicted octanol–water partition coefficient (Wildman–Crippen LogP) is 2.04. The first-order valence-corrected chi connectivity index (χ1v) is 5.00. The van der Waals surface area contributed by atoms with E-state index in [1.165, 1.54) is 4.90 Å². The molecule has 1 aromatic heterocycles. The summed E-state index contributed by atoms with van der Waals surface area (Å²) in [5, 5.41) is 0.394. The molecule has 1 aromatic rings. The monoisotopic (exact) mass is 310 g/mol. The third-order valence-corrected chi connectivity index (χ3v) is 2.29. The highest BCUT2D eigenvalue weighted by Crippen LogP contribution is 2.17. The van der Waals surface area contributed by atoms with E-state index in [9.17, 15) is 4.79 Å². The number of halogens is 2. The maximum Gasteiger partial charge on any atom is 0.273 e. The van der Waals surface area contributed by atoms with Crippen molar-refractivity contribution in [3.8, 4) is 0 Å². The van der Waals surface area contributed by atoms with Crippen LogP contribution in [0.4, 0.5) is 0 Å². The van der Waals surface area contributed by atoms with Crippen molar-refractivity contribution in [2.24, 2.45) is 0 Å². The average Bonchev–Trinajstić information content (AvgIpc) is 2.03. The van der Waals surface area contributed by atoms with Crippen LogP contribution in [0.3, 0.4) is 0 Å². The van der Waals surface area contributed by atoms with Gasteiger partial charge in [-0.1, -0.05) is 11.6 Å². The molecule has 0 saturated carbocycles. The van der Waals surface area contributed by atoms with E-state index in [1.807, 2.05) is 0 Å². The van der Waals surface area contributed by atoms with Gasteiger partial charge in [-0.05, 0) is 28.7 Å². The van der Waals surface area contributed by atoms with Crippen LogP contribution in [-0.2, 0) is 0 Å². The van der Waals surface area contributed by atoms with Gasteiger partial charge in [0.15, 0.2) is 0 Å². The fourth-order valence-electron chi connectivity index (χ4n) is 0.784. The number of amides is 1. The van der Waals surface area contributed by atoms with E-state index in [1.54, 1.807) is 26.4 Å². The first-order chi connectivity index (χ1) is 6.02. The van der Waals surface area contributed by atoms with Crippen molar-refractivity contribution < 1.29 is 4.79 Å². The summed E-state index contributed by atoms with van der Waals surface area (Å²) in [4.78, 5) is 16.9. The Morgan fingerprint density at radius 3 is 2.69 bits per heavy atom. The van der Waals surface area contributed by atoms with Crippen molar-refractivity contribution in [1.82, 2.24) is 9.88 Å². The number of aromatic nitrogens is 1. The van der Waals surface area contributed by atoms with Gasteiger partial charge in [-0.25, -0.2) is 4.98 Å². The summed E-state index contributed by atoms with van der Waals surface area (Å²) in [6.45, 7) is 0. The van der Waals surface area contributed by atoms with Crippen molar-refractivity contribution >= 4 is 40.1 Å². The maximum atomic E-state index is 11.5. The summed E-state index contributed by atoms with van der Waals surface area (Å²) < 4.78 is 0.915. The fraction of sp³-hybridized carbons (Fsp3) is 0.250. The van der Waals surface area contributed by atoms with Gasteiger partial charge in [0.25, 0.3) is 5.91 Å². The lowest BCUT2D eigenvalue weighted by Gasteiger charge is -2.10. The number of carbonyl (C=O) groups excluding carboxylic acids is 1. The molecule has 0 aliphatic rings. The molecule has 0 fully saturated rings. The summed E-state index contributed by atoms with van der Waals surface area (Å²) in [5.74, 6) is -0.179. The molecule has 1 amide bonds. The highest BCUT2D eigenvalue weighted by atomic mass is 127. The summed E-state index contributed by atoms with van der Waals surface area (Å²) in [7, 11) is 3.33. The summed E-state index contributed by atoms with van der Waals surface area (Å²) in [5.41, 5.74) is 0.298. The Balaban J connectivity index is 3.09. The Morgan fingerprint density at radius 1 is 1.62 bits per heavy atom. The quantitative estimate of drug-likeness (QED) is 0.744. The highest BCUT2D eigenvalue weighted by Gasteiger charge is 2.13. The lowest BCUT2D eigenvalue weighted by atomic mass is 10.3. The standard InChI is InChI=1S/C8H8ClIN2O/c1-12(2)8(13)7-6(9)3-5(10)4-11-7/h3-4H,1-2H3. The number of hydrogen-bond acceptors (Lipinski definition) is 2. The van der Waals surface area contributed by atoms with Crippen LogP contribution in [0.5, 0.6) is 0 Å². The van der Waals surface area contributed by atoms with Crippen LogP contribution in [-0.4, -0.2) is 29.9 Å². The zero-order valence-electron chi connectivity index (χ0n) is 7.21. The number of nitrogens with zero attached hydrogens (tertiary/aromatic N) is 2. The second kappa shape index (κ2) is 4.23. The molecule has 70 valence electrons. The van der Waals surface area contributed by atoms with Crippen molar-refractivity contribution in [3.63, 3.8) is 0 Å². The lowest BCUT2D eigenvalue weighted by molar-refractivity contribution is 0.0822. The van der Waals surface area contributed by atoms with Crippen LogP contribution in [0, 0.1) is 3.57 Å². The fourth-order valence-corrected chi connectivity index (χ4v) is 1.67. The zero-order valence-corrected chi connectivity index (χ0v) is 10.1. The van der Waals surface area contributed by atoms with Gasteiger partial charge in [0.05, 0.1) is 5.02 Å². The van der Waals surface area contributed by atoms with E-state index in [0.717, 1.165) is 3.57 Å². The van der Waals surface area contributed by atoms with Crippen LogP contribution in [0.25, 0.3) is 0 Å². The molecule has 0 bridgehead atoms. The summed E-state index contributed by atoms with van der Waals surface area (Å²) in [6.07, 6.45) is 1.61. The Morgan fingerprint density at radius 2 is 2.23 bits per heavy atom. The molecule has 1 heterocycles. The van der Waals surface area contributed by atoms with E-state index in [4.69, 9.17) is 11.6 Å². The molecule has 0 N–H and O–H groups in total. The molecule has 0 aliphatic carbocycles. The molecule has 0 aromatic carbocycles. The maximum absolute atomic E-state index is 11.5. The van der Waals surface area contributed by atoms with Gasteiger partial charge < -0.3 is 4.90 Å². The Labute approximate surface area is 95.2 Å². The second-order valence-electron chi connectivity index (χ2n) is 2.68. The topological polar surface area (TPSA) is 33.2 Å². The zero-order chi connectivity index (χ0) is 10.0. The summed E-state index contributed by atoms with van der Waals surface area (Å²) >= 11 is 7.94. The smallest absolute Gasteiger partial charge is 0.273 e. The molecule has 0 unspecified atom stereocenters. The van der Waals surface area contributed by atoms with E-state index < -0.39 is 0 Å². The molecule has 0 spiro atoms. The molecular weight excluding hydrogens is 302 g/mol. The van der Waals surface area contributed by atoms with Gasteiger partial charge in [-0.15, -0.1) is 0 Å². The minimum absolute atomic E-state index is 0.179. The molecule has 3 nitrogen and oxygen atoms in total. The Hall–Kier alpha value is -0.360.